The van der Waals surface area contributed by atoms with Gasteiger partial charge in [-0.25, -0.2) is 0 Å². The van der Waals surface area contributed by atoms with Gasteiger partial charge in [-0.05, 0) is 0 Å². The third-order valence-corrected chi connectivity index (χ3v) is 7.16. The number of nitrogens with one attached hydrogen (secondary N) is 2. The maximum atomic E-state index is 10.8. The Balaban J connectivity index is 1.66. The van der Waals surface area contributed by atoms with Crippen LogP contribution in [0.4, 0.5) is 17.2 Å². The molecule has 0 amide bonds. The molecule has 0 bridgehead atoms. The van der Waals surface area contributed by atoms with Crippen molar-refractivity contribution in [3.8, 4) is 0 Å². The first-order valence-electron chi connectivity index (χ1n) is 7.87. The zero-order valence-electron chi connectivity index (χ0n) is 13.2. The second-order valence-electron chi connectivity index (χ2n) is 5.89. The summed E-state index contributed by atoms with van der Waals surface area (Å²) in [4.78, 5) is 8.89. The minimum atomic E-state index is -4.27. The van der Waals surface area contributed by atoms with Crippen molar-refractivity contribution in [2.75, 3.05) is 10.0 Å². The van der Waals surface area contributed by atoms with Gasteiger partial charge in [0.2, 0.25) is 0 Å². The van der Waals surface area contributed by atoms with Gasteiger partial charge in [0, 0.05) is 0 Å². The van der Waals surface area contributed by atoms with E-state index in [1.54, 1.807) is 35.0 Å². The Morgan fingerprint density at radius 1 is 1.04 bits per heavy atom. The van der Waals surface area contributed by atoms with Crippen LogP contribution in [0.25, 0.3) is 9.78 Å². The fourth-order valence-corrected chi connectivity index (χ4v) is 6.10. The molecule has 130 valence electrons. The summed E-state index contributed by atoms with van der Waals surface area (Å²) >= 11 is 0.299. The Kier molecular flexibility index (Phi) is 4.24. The van der Waals surface area contributed by atoms with Gasteiger partial charge in [0.1, 0.15) is 0 Å². The molecule has 0 unspecified atom stereocenters. The first kappa shape index (κ1) is 16.5. The van der Waals surface area contributed by atoms with Gasteiger partial charge in [-0.15, -0.1) is 0 Å². The van der Waals surface area contributed by atoms with E-state index in [-0.39, 0.29) is 0 Å². The molecule has 0 saturated carbocycles. The van der Waals surface area contributed by atoms with Crippen LogP contribution in [0.2, 0.25) is 0 Å². The second-order valence-corrected chi connectivity index (χ2v) is 9.32. The van der Waals surface area contributed by atoms with Gasteiger partial charge in [-0.1, -0.05) is 0 Å². The average Bonchev–Trinajstić information content (AvgIpc) is 2.95. The van der Waals surface area contributed by atoms with Crippen LogP contribution in [-0.2, 0) is 23.1 Å². The van der Waals surface area contributed by atoms with E-state index in [4.69, 9.17) is 4.55 Å². The van der Waals surface area contributed by atoms with Crippen molar-refractivity contribution < 1.29 is 13.0 Å². The Bertz CT molecular complexity index is 1030. The van der Waals surface area contributed by atoms with Crippen LogP contribution in [0.5, 0.6) is 0 Å². The van der Waals surface area contributed by atoms with Gasteiger partial charge in [-0.2, -0.15) is 0 Å². The van der Waals surface area contributed by atoms with E-state index in [9.17, 15) is 8.42 Å². The molecule has 0 spiro atoms. The van der Waals surface area contributed by atoms with Crippen LogP contribution in [0.3, 0.4) is 0 Å². The second kappa shape index (κ2) is 6.42. The van der Waals surface area contributed by atoms with Gasteiger partial charge in [0.15, 0.2) is 0 Å². The number of hydrogen-bond donors (Lipinski definition) is 3. The predicted molar refractivity (Wildman–Crippen MR) is 98.0 cm³/mol. The van der Waals surface area contributed by atoms with E-state index in [0.717, 1.165) is 27.7 Å². The molecule has 9 heteroatoms. The van der Waals surface area contributed by atoms with Gasteiger partial charge < -0.3 is 0 Å². The monoisotopic (exact) mass is 424 g/mol. The van der Waals surface area contributed by atoms with Gasteiger partial charge in [0.05, 0.1) is 0 Å². The normalized spacial score (nSPS) is 14.3. The van der Waals surface area contributed by atoms with Crippen LogP contribution in [0, 0.1) is 0 Å². The number of benzene rings is 1. The van der Waals surface area contributed by atoms with Crippen molar-refractivity contribution in [2.45, 2.75) is 25.7 Å². The Morgan fingerprint density at radius 2 is 1.76 bits per heavy atom. The fraction of sp³-hybridized carbons (Fsp3) is 0.250. The molecule has 0 radical (unpaired) electrons. The van der Waals surface area contributed by atoms with Gasteiger partial charge in [-0.3, -0.25) is 0 Å². The molecule has 1 aliphatic carbocycles. The van der Waals surface area contributed by atoms with Crippen LogP contribution in [0.1, 0.15) is 22.8 Å². The van der Waals surface area contributed by atoms with E-state index < -0.39 is 10.3 Å². The van der Waals surface area contributed by atoms with E-state index in [1.165, 1.54) is 24.8 Å². The number of hydrogen-bond acceptors (Lipinski definition) is 5. The van der Waals surface area contributed by atoms with Crippen molar-refractivity contribution in [1.29, 1.82) is 0 Å². The molecule has 25 heavy (non-hydrogen) atoms. The standard InChI is InChI=1S/C16H16N4O3SSe/c21-24(22,23)20-11-7-5-10(6-8-11)19-15-14-12-3-1-2-4-13(12)25-16(14)18-9-17-15/h5-9,20H,1-4H2,(H,17,18,19)(H,21,22,23). The zero-order valence-corrected chi connectivity index (χ0v) is 15.7. The van der Waals surface area contributed by atoms with E-state index in [0.29, 0.717) is 20.2 Å². The summed E-state index contributed by atoms with van der Waals surface area (Å²) in [5, 5.41) is 4.46. The number of aryl methyl sites for hydroxylation is 2. The average molecular weight is 423 g/mol. The summed E-state index contributed by atoms with van der Waals surface area (Å²) in [6.07, 6.45) is 6.31. The third-order valence-electron chi connectivity index (χ3n) is 4.15. The van der Waals surface area contributed by atoms with E-state index >= 15 is 0 Å². The molecule has 0 saturated heterocycles. The van der Waals surface area contributed by atoms with Crippen LogP contribution in [0.15, 0.2) is 30.6 Å². The number of fused-ring (bicyclic) bond motifs is 3. The van der Waals surface area contributed by atoms with E-state index in [2.05, 4.69) is 15.3 Å². The van der Waals surface area contributed by atoms with E-state index in [1.807, 2.05) is 4.72 Å². The molecule has 1 aliphatic rings. The van der Waals surface area contributed by atoms with Crippen molar-refractivity contribution in [3.63, 3.8) is 0 Å². The van der Waals surface area contributed by atoms with Crippen molar-refractivity contribution in [1.82, 2.24) is 9.97 Å². The first-order valence-corrected chi connectivity index (χ1v) is 11.0. The molecule has 0 fully saturated rings. The van der Waals surface area contributed by atoms with Crippen LogP contribution < -0.4 is 10.0 Å². The first-order chi connectivity index (χ1) is 12.0. The molecule has 2 heterocycles. The molecule has 0 aliphatic heterocycles. The molecule has 3 aromatic rings. The van der Waals surface area contributed by atoms with Gasteiger partial charge in [0.25, 0.3) is 0 Å². The molecule has 2 aromatic heterocycles. The Labute approximate surface area is 151 Å². The number of rotatable bonds is 4. The SMILES string of the molecule is O=S(=O)(O)Nc1ccc(Nc2ncnc3[se]c4c(c23)CCCC4)cc1. The summed E-state index contributed by atoms with van der Waals surface area (Å²) in [7, 11) is -4.27. The fourth-order valence-electron chi connectivity index (χ4n) is 3.09. The summed E-state index contributed by atoms with van der Waals surface area (Å²) in [6, 6.07) is 6.62. The molecule has 7 nitrogen and oxygen atoms in total. The number of aromatic nitrogens is 2. The summed E-state index contributed by atoms with van der Waals surface area (Å²) in [5.41, 5.74) is 2.50. The quantitative estimate of drug-likeness (QED) is 0.440. The summed E-state index contributed by atoms with van der Waals surface area (Å²) in [5.74, 6) is 0.800. The predicted octanol–water partition coefficient (Wildman–Crippen LogP) is 2.52. The third kappa shape index (κ3) is 3.55. The molecular formula is C16H16N4O3SSe. The molecular weight excluding hydrogens is 407 g/mol. The van der Waals surface area contributed by atoms with Gasteiger partial charge >= 0.3 is 151 Å². The number of anilines is 3. The van der Waals surface area contributed by atoms with Crippen LogP contribution in [-0.4, -0.2) is 37.4 Å². The molecule has 4 rings (SSSR count). The molecule has 3 N–H and O–H groups in total. The number of nitrogens with zero attached hydrogens (tertiary/aromatic N) is 2. The molecule has 1 aromatic carbocycles. The Hall–Kier alpha value is -1.93. The van der Waals surface area contributed by atoms with Crippen molar-refractivity contribution in [3.05, 3.63) is 40.6 Å². The maximum absolute atomic E-state index is 10.8. The summed E-state index contributed by atoms with van der Waals surface area (Å²) < 4.78 is 35.2. The topological polar surface area (TPSA) is 104 Å². The summed E-state index contributed by atoms with van der Waals surface area (Å²) in [6.45, 7) is 0. The van der Waals surface area contributed by atoms with Crippen LogP contribution >= 0.6 is 0 Å². The molecule has 0 atom stereocenters. The Morgan fingerprint density at radius 3 is 2.52 bits per heavy atom. The van der Waals surface area contributed by atoms with Crippen molar-refractivity contribution >= 4 is 51.8 Å². The van der Waals surface area contributed by atoms with Crippen molar-refractivity contribution in [2.24, 2.45) is 0 Å². The zero-order chi connectivity index (χ0) is 17.4. The minimum absolute atomic E-state index is 0.293.